The van der Waals surface area contributed by atoms with Gasteiger partial charge >= 0.3 is 18.2 Å². The summed E-state index contributed by atoms with van der Waals surface area (Å²) in [6.45, 7) is 11.3. The molecule has 0 radical (unpaired) electrons. The summed E-state index contributed by atoms with van der Waals surface area (Å²) in [4.78, 5) is 28.5. The summed E-state index contributed by atoms with van der Waals surface area (Å²) in [6, 6.07) is 3.10. The highest BCUT2D eigenvalue weighted by atomic mass is 19.4. The second-order valence-electron chi connectivity index (χ2n) is 11.9. The summed E-state index contributed by atoms with van der Waals surface area (Å²) < 4.78 is 51.9. The second-order valence-corrected chi connectivity index (χ2v) is 11.9. The van der Waals surface area contributed by atoms with Crippen LogP contribution in [0.25, 0.3) is 5.57 Å². The lowest BCUT2D eigenvalue weighted by Crippen LogP contribution is -2.47. The number of aliphatic hydroxyl groups is 1. The number of anilines is 1. The van der Waals surface area contributed by atoms with E-state index in [1.807, 2.05) is 4.90 Å². The highest BCUT2D eigenvalue weighted by Gasteiger charge is 2.36. The largest absolute Gasteiger partial charge is 0.460 e. The molecule has 2 aliphatic rings. The Morgan fingerprint density at radius 1 is 1.00 bits per heavy atom. The molecule has 2 aliphatic heterocycles. The summed E-state index contributed by atoms with van der Waals surface area (Å²) in [5.41, 5.74) is -0.260. The van der Waals surface area contributed by atoms with Gasteiger partial charge in [0.05, 0.1) is 24.1 Å². The number of esters is 1. The third-order valence-electron chi connectivity index (χ3n) is 6.52. The minimum atomic E-state index is -4.51. The van der Waals surface area contributed by atoms with E-state index in [2.05, 4.69) is 0 Å². The fourth-order valence-electron chi connectivity index (χ4n) is 4.71. The minimum Gasteiger partial charge on any atom is -0.460 e. The van der Waals surface area contributed by atoms with Crippen LogP contribution in [-0.2, 0) is 20.4 Å². The first-order chi connectivity index (χ1) is 17.5. The molecular formula is C28H39F3N2O5. The number of amides is 1. The quantitative estimate of drug-likeness (QED) is 0.498. The van der Waals surface area contributed by atoms with Crippen molar-refractivity contribution in [3.8, 4) is 0 Å². The van der Waals surface area contributed by atoms with Gasteiger partial charge in [0.2, 0.25) is 0 Å². The van der Waals surface area contributed by atoms with Crippen LogP contribution < -0.4 is 4.90 Å². The number of aliphatic hydroxyl groups excluding tert-OH is 1. The van der Waals surface area contributed by atoms with Crippen LogP contribution in [0.1, 0.15) is 71.9 Å². The predicted molar refractivity (Wildman–Crippen MR) is 139 cm³/mol. The van der Waals surface area contributed by atoms with E-state index in [0.717, 1.165) is 17.7 Å². The van der Waals surface area contributed by atoms with Crippen molar-refractivity contribution >= 4 is 23.3 Å². The van der Waals surface area contributed by atoms with Crippen LogP contribution >= 0.6 is 0 Å². The Balaban J connectivity index is 1.87. The molecule has 0 bridgehead atoms. The molecule has 0 unspecified atom stereocenters. The zero-order valence-corrected chi connectivity index (χ0v) is 23.0. The van der Waals surface area contributed by atoms with Gasteiger partial charge in [0.15, 0.2) is 0 Å². The number of carbonyl (C=O) groups is 2. The average Bonchev–Trinajstić information content (AvgIpc) is 2.80. The molecule has 0 aromatic heterocycles. The fourth-order valence-corrected chi connectivity index (χ4v) is 4.71. The molecule has 1 fully saturated rings. The summed E-state index contributed by atoms with van der Waals surface area (Å²) in [5, 5.41) is 10.0. The number of halogens is 3. The Labute approximate surface area is 222 Å². The van der Waals surface area contributed by atoms with Crippen molar-refractivity contribution in [1.29, 1.82) is 0 Å². The zero-order chi connectivity index (χ0) is 28.5. The van der Waals surface area contributed by atoms with E-state index >= 15 is 0 Å². The molecule has 0 saturated carbocycles. The van der Waals surface area contributed by atoms with Gasteiger partial charge in [-0.2, -0.15) is 13.2 Å². The van der Waals surface area contributed by atoms with E-state index < -0.39 is 35.1 Å². The number of ether oxygens (including phenoxy) is 2. The molecule has 1 saturated heterocycles. The van der Waals surface area contributed by atoms with Crippen LogP contribution in [0, 0.1) is 5.92 Å². The number of piperidine rings is 1. The molecule has 0 spiro atoms. The Bertz CT molecular complexity index is 1050. The number of hydrogen-bond acceptors (Lipinski definition) is 6. The SMILES string of the molecule is CC(C)(C)OC(=O)C1CCN(c2cc(C(F)(F)F)ccc2C2=CCN(C(=O)OC(C)(C)C)[C@H](CO)C2)CC1. The van der Waals surface area contributed by atoms with Crippen molar-refractivity contribution in [3.05, 3.63) is 35.4 Å². The molecule has 1 N–H and O–H groups in total. The van der Waals surface area contributed by atoms with Gasteiger partial charge in [-0.1, -0.05) is 12.1 Å². The lowest BCUT2D eigenvalue weighted by atomic mass is 9.90. The van der Waals surface area contributed by atoms with Gasteiger partial charge in [-0.25, -0.2) is 4.79 Å². The van der Waals surface area contributed by atoms with E-state index in [4.69, 9.17) is 9.47 Å². The van der Waals surface area contributed by atoms with E-state index in [9.17, 15) is 27.9 Å². The summed E-state index contributed by atoms with van der Waals surface area (Å²) >= 11 is 0. The molecule has 10 heteroatoms. The summed E-state index contributed by atoms with van der Waals surface area (Å²) in [6.07, 6.45) is -2.06. The van der Waals surface area contributed by atoms with Crippen molar-refractivity contribution in [2.75, 3.05) is 31.1 Å². The smallest absolute Gasteiger partial charge is 0.416 e. The Kier molecular flexibility index (Phi) is 8.75. The predicted octanol–water partition coefficient (Wildman–Crippen LogP) is 5.65. The lowest BCUT2D eigenvalue weighted by molar-refractivity contribution is -0.160. The molecule has 1 aromatic carbocycles. The normalized spacial score (nSPS) is 19.7. The van der Waals surface area contributed by atoms with Crippen LogP contribution in [-0.4, -0.2) is 65.6 Å². The molecular weight excluding hydrogens is 501 g/mol. The van der Waals surface area contributed by atoms with Crippen molar-refractivity contribution in [2.45, 2.75) is 84.2 Å². The highest BCUT2D eigenvalue weighted by Crippen LogP contribution is 2.40. The Hall–Kier alpha value is -2.75. The first-order valence-corrected chi connectivity index (χ1v) is 13.0. The Morgan fingerprint density at radius 3 is 2.13 bits per heavy atom. The average molecular weight is 541 g/mol. The third-order valence-corrected chi connectivity index (χ3v) is 6.52. The lowest BCUT2D eigenvalue weighted by Gasteiger charge is -2.38. The first-order valence-electron chi connectivity index (χ1n) is 13.0. The van der Waals surface area contributed by atoms with Gasteiger partial charge in [0, 0.05) is 30.9 Å². The van der Waals surface area contributed by atoms with E-state index in [-0.39, 0.29) is 31.5 Å². The maximum Gasteiger partial charge on any atom is 0.416 e. The van der Waals surface area contributed by atoms with E-state index in [1.54, 1.807) is 47.6 Å². The molecule has 3 rings (SSSR count). The van der Waals surface area contributed by atoms with Gasteiger partial charge in [0.25, 0.3) is 0 Å². The maximum atomic E-state index is 13.6. The van der Waals surface area contributed by atoms with Crippen molar-refractivity contribution in [2.24, 2.45) is 5.92 Å². The number of hydrogen-bond donors (Lipinski definition) is 1. The van der Waals surface area contributed by atoms with Gasteiger partial charge in [0.1, 0.15) is 11.2 Å². The first kappa shape index (κ1) is 29.8. The molecule has 1 amide bonds. The van der Waals surface area contributed by atoms with E-state index in [1.165, 1.54) is 11.0 Å². The zero-order valence-electron chi connectivity index (χ0n) is 23.0. The molecule has 1 atom stereocenters. The number of nitrogens with zero attached hydrogens (tertiary/aromatic N) is 2. The van der Waals surface area contributed by atoms with Crippen molar-refractivity contribution in [3.63, 3.8) is 0 Å². The van der Waals surface area contributed by atoms with Gasteiger partial charge in [-0.15, -0.1) is 0 Å². The van der Waals surface area contributed by atoms with Crippen molar-refractivity contribution in [1.82, 2.24) is 4.90 Å². The molecule has 0 aliphatic carbocycles. The van der Waals surface area contributed by atoms with E-state index in [0.29, 0.717) is 37.2 Å². The van der Waals surface area contributed by atoms with Gasteiger partial charge < -0.3 is 19.5 Å². The van der Waals surface area contributed by atoms with Gasteiger partial charge in [-0.05, 0) is 78.5 Å². The van der Waals surface area contributed by atoms with Gasteiger partial charge in [-0.3, -0.25) is 9.69 Å². The second kappa shape index (κ2) is 11.2. The topological polar surface area (TPSA) is 79.3 Å². The number of alkyl halides is 3. The molecule has 212 valence electrons. The van der Waals surface area contributed by atoms with Crippen LogP contribution in [0.4, 0.5) is 23.7 Å². The van der Waals surface area contributed by atoms with Crippen LogP contribution in [0.5, 0.6) is 0 Å². The minimum absolute atomic E-state index is 0.163. The fraction of sp³-hybridized carbons (Fsp3) is 0.643. The third kappa shape index (κ3) is 7.65. The standard InChI is InChI=1S/C28H39F3N2O5/c1-26(2,3)37-24(35)18-9-12-32(13-10-18)23-16-20(28(29,30)31)7-8-22(23)19-11-14-33(21(15-19)17-34)25(36)38-27(4,5)6/h7-8,11,16,18,21,34H,9-10,12-15,17H2,1-6H3/t21-/m0/s1. The molecule has 7 nitrogen and oxygen atoms in total. The van der Waals surface area contributed by atoms with Crippen LogP contribution in [0.3, 0.4) is 0 Å². The monoisotopic (exact) mass is 540 g/mol. The highest BCUT2D eigenvalue weighted by molar-refractivity contribution is 5.81. The summed E-state index contributed by atoms with van der Waals surface area (Å²) in [5.74, 6) is -0.598. The maximum absolute atomic E-state index is 13.6. The summed E-state index contributed by atoms with van der Waals surface area (Å²) in [7, 11) is 0. The number of carbonyl (C=O) groups excluding carboxylic acids is 2. The van der Waals surface area contributed by atoms with Crippen LogP contribution in [0.2, 0.25) is 0 Å². The number of benzene rings is 1. The Morgan fingerprint density at radius 2 is 1.61 bits per heavy atom. The number of rotatable bonds is 4. The molecule has 2 heterocycles. The van der Waals surface area contributed by atoms with Crippen LogP contribution in [0.15, 0.2) is 24.3 Å². The van der Waals surface area contributed by atoms with Crippen molar-refractivity contribution < 1.29 is 37.3 Å². The molecule has 1 aromatic rings. The molecule has 38 heavy (non-hydrogen) atoms.